The van der Waals surface area contributed by atoms with Crippen LogP contribution in [0.15, 0.2) is 0 Å². The van der Waals surface area contributed by atoms with E-state index >= 15 is 0 Å². The van der Waals surface area contributed by atoms with Crippen molar-refractivity contribution in [2.24, 2.45) is 0 Å². The van der Waals surface area contributed by atoms with E-state index < -0.39 is 6.16 Å². The molecule has 40 valence electrons. The van der Waals surface area contributed by atoms with Crippen LogP contribution in [0, 0.1) is 41.7 Å². The van der Waals surface area contributed by atoms with E-state index in [1.54, 1.807) is 6.92 Å². The van der Waals surface area contributed by atoms with E-state index in [1.165, 1.54) is 0 Å². The summed E-state index contributed by atoms with van der Waals surface area (Å²) in [6.45, 7) is 1.85. The van der Waals surface area contributed by atoms with Crippen molar-refractivity contribution < 1.29 is 56.4 Å². The monoisotopic (exact) mass is 230 g/mol. The summed E-state index contributed by atoms with van der Waals surface area (Å²) in [6.07, 6.45) is -1.21. The third-order valence-electron chi connectivity index (χ3n) is 0.268. The van der Waals surface area contributed by atoms with Gasteiger partial charge in [-0.15, -0.1) is 0 Å². The average molecular weight is 230 g/mol. The first kappa shape index (κ1) is 10.6. The van der Waals surface area contributed by atoms with Crippen molar-refractivity contribution in [3.8, 4) is 0 Å². The molecule has 0 heterocycles. The smallest absolute Gasteiger partial charge is 0.450 e. The van der Waals surface area contributed by atoms with Crippen molar-refractivity contribution in [1.82, 2.24) is 0 Å². The van der Waals surface area contributed by atoms with Crippen molar-refractivity contribution >= 4 is 6.16 Å². The molecule has 0 aromatic heterocycles. The van der Waals surface area contributed by atoms with Crippen LogP contribution in [-0.2, 0) is 4.74 Å². The molecular weight excluding hydrogens is 224 g/mol. The molecule has 0 fully saturated rings. The first-order valence-corrected chi connectivity index (χ1v) is 1.63. The summed E-state index contributed by atoms with van der Waals surface area (Å²) in [6, 6.07) is 0. The summed E-state index contributed by atoms with van der Waals surface area (Å²) in [4.78, 5) is 9.38. The standard InChI is InChI=1S/C3H6O3.Ce/c1-2-6-3(4)5;/h2H2,1H3,(H,4,5);. The maximum absolute atomic E-state index is 9.38. The number of hydrogen-bond acceptors (Lipinski definition) is 2. The van der Waals surface area contributed by atoms with Crippen LogP contribution in [-0.4, -0.2) is 17.9 Å². The van der Waals surface area contributed by atoms with Crippen molar-refractivity contribution in [3.63, 3.8) is 0 Å². The summed E-state index contributed by atoms with van der Waals surface area (Å²) in [5.74, 6) is 0. The molecule has 0 bridgehead atoms. The average Bonchev–Trinajstić information content (AvgIpc) is 1.35. The van der Waals surface area contributed by atoms with Gasteiger partial charge in [-0.25, -0.2) is 4.79 Å². The summed E-state index contributed by atoms with van der Waals surface area (Å²) >= 11 is 0. The minimum atomic E-state index is -1.21. The molecule has 0 aromatic carbocycles. The van der Waals surface area contributed by atoms with Gasteiger partial charge in [0.15, 0.2) is 0 Å². The Kier molecular flexibility index (Phi) is 10.1. The van der Waals surface area contributed by atoms with E-state index in [1.807, 2.05) is 0 Å². The van der Waals surface area contributed by atoms with E-state index in [-0.39, 0.29) is 48.4 Å². The zero-order chi connectivity index (χ0) is 4.99. The summed E-state index contributed by atoms with van der Waals surface area (Å²) < 4.78 is 3.96. The Labute approximate surface area is 75.4 Å². The Hall–Kier alpha value is 0.647. The summed E-state index contributed by atoms with van der Waals surface area (Å²) in [7, 11) is 0. The van der Waals surface area contributed by atoms with Gasteiger partial charge in [0.2, 0.25) is 0 Å². The van der Waals surface area contributed by atoms with Gasteiger partial charge < -0.3 is 9.84 Å². The van der Waals surface area contributed by atoms with Gasteiger partial charge in [0, 0.05) is 41.7 Å². The fourth-order valence-corrected chi connectivity index (χ4v) is 0.123. The molecule has 0 saturated carbocycles. The van der Waals surface area contributed by atoms with E-state index in [9.17, 15) is 4.79 Å². The molecule has 1 N–H and O–H groups in total. The molecular formula is C3H6CeO3. The normalized spacial score (nSPS) is 6.43. The van der Waals surface area contributed by atoms with Crippen LogP contribution >= 0.6 is 0 Å². The van der Waals surface area contributed by atoms with Crippen LogP contribution in [0.5, 0.6) is 0 Å². The number of ether oxygens (including phenoxy) is 1. The zero-order valence-corrected chi connectivity index (χ0v) is 7.11. The Morgan fingerprint density at radius 3 is 2.29 bits per heavy atom. The molecule has 0 saturated heterocycles. The predicted molar refractivity (Wildman–Crippen MR) is 19.7 cm³/mol. The van der Waals surface area contributed by atoms with Crippen LogP contribution in [0.1, 0.15) is 6.92 Å². The number of carbonyl (C=O) groups is 1. The van der Waals surface area contributed by atoms with E-state index in [2.05, 4.69) is 4.74 Å². The Morgan fingerprint density at radius 2 is 2.29 bits per heavy atom. The van der Waals surface area contributed by atoms with Crippen LogP contribution in [0.4, 0.5) is 4.79 Å². The largest absolute Gasteiger partial charge is 0.505 e. The number of hydrogen-bond donors (Lipinski definition) is 1. The molecule has 0 aliphatic rings. The second-order valence-corrected chi connectivity index (χ2v) is 0.699. The topological polar surface area (TPSA) is 46.5 Å². The molecule has 0 atom stereocenters. The fourth-order valence-electron chi connectivity index (χ4n) is 0.123. The molecule has 0 aromatic rings. The van der Waals surface area contributed by atoms with Gasteiger partial charge in [-0.05, 0) is 6.92 Å². The van der Waals surface area contributed by atoms with Crippen LogP contribution in [0.3, 0.4) is 0 Å². The van der Waals surface area contributed by atoms with Gasteiger partial charge in [0.05, 0.1) is 6.61 Å². The third-order valence-corrected chi connectivity index (χ3v) is 0.268. The molecule has 7 heavy (non-hydrogen) atoms. The van der Waals surface area contributed by atoms with E-state index in [0.29, 0.717) is 0 Å². The SMILES string of the molecule is CCOC(=O)O.[Ce]. The number of carboxylic acid groups (broad SMARTS) is 1. The Balaban J connectivity index is 0. The molecule has 0 radical (unpaired) electrons. The number of rotatable bonds is 1. The van der Waals surface area contributed by atoms with Crippen molar-refractivity contribution in [1.29, 1.82) is 0 Å². The van der Waals surface area contributed by atoms with Gasteiger partial charge in [-0.2, -0.15) is 0 Å². The minimum Gasteiger partial charge on any atom is -0.450 e. The molecule has 0 unspecified atom stereocenters. The van der Waals surface area contributed by atoms with Crippen molar-refractivity contribution in [2.45, 2.75) is 6.92 Å². The first-order valence-electron chi connectivity index (χ1n) is 1.63. The van der Waals surface area contributed by atoms with Gasteiger partial charge in [0.1, 0.15) is 0 Å². The second-order valence-electron chi connectivity index (χ2n) is 0.699. The predicted octanol–water partition coefficient (Wildman–Crippen LogP) is 0.701. The van der Waals surface area contributed by atoms with Crippen LogP contribution in [0.25, 0.3) is 0 Å². The van der Waals surface area contributed by atoms with Crippen LogP contribution < -0.4 is 0 Å². The van der Waals surface area contributed by atoms with E-state index in [4.69, 9.17) is 5.11 Å². The zero-order valence-electron chi connectivity index (χ0n) is 3.97. The minimum absolute atomic E-state index is 0. The first-order chi connectivity index (χ1) is 2.77. The van der Waals surface area contributed by atoms with Gasteiger partial charge in [-0.1, -0.05) is 0 Å². The second kappa shape index (κ2) is 6.65. The van der Waals surface area contributed by atoms with Gasteiger partial charge in [0.25, 0.3) is 0 Å². The molecule has 0 rings (SSSR count). The fraction of sp³-hybridized carbons (Fsp3) is 0.667. The van der Waals surface area contributed by atoms with Crippen molar-refractivity contribution in [3.05, 3.63) is 0 Å². The molecule has 0 spiro atoms. The molecule has 0 aliphatic carbocycles. The Bertz CT molecular complexity index is 54.1. The summed E-state index contributed by atoms with van der Waals surface area (Å²) in [5, 5.41) is 7.69. The van der Waals surface area contributed by atoms with Crippen LogP contribution in [0.2, 0.25) is 0 Å². The van der Waals surface area contributed by atoms with E-state index in [0.717, 1.165) is 0 Å². The molecule has 0 amide bonds. The maximum atomic E-state index is 9.38. The maximum Gasteiger partial charge on any atom is 0.505 e. The van der Waals surface area contributed by atoms with Crippen molar-refractivity contribution in [2.75, 3.05) is 6.61 Å². The molecule has 3 nitrogen and oxygen atoms in total. The summed E-state index contributed by atoms with van der Waals surface area (Å²) in [5.41, 5.74) is 0. The Morgan fingerprint density at radius 1 is 1.86 bits per heavy atom. The molecule has 0 aliphatic heterocycles. The van der Waals surface area contributed by atoms with Gasteiger partial charge >= 0.3 is 6.16 Å². The van der Waals surface area contributed by atoms with Gasteiger partial charge in [-0.3, -0.25) is 0 Å². The molecule has 4 heteroatoms. The third kappa shape index (κ3) is 10.8. The quantitative estimate of drug-likeness (QED) is 0.674.